The van der Waals surface area contributed by atoms with Crippen LogP contribution in [0.2, 0.25) is 0 Å². The van der Waals surface area contributed by atoms with Crippen LogP contribution in [0.3, 0.4) is 0 Å². The van der Waals surface area contributed by atoms with Gasteiger partial charge >= 0.3 is 5.97 Å². The molecule has 2 atom stereocenters. The Balaban J connectivity index is 2.03. The van der Waals surface area contributed by atoms with E-state index in [1.807, 2.05) is 0 Å². The van der Waals surface area contributed by atoms with Gasteiger partial charge in [-0.3, -0.25) is 4.79 Å². The Morgan fingerprint density at radius 3 is 2.67 bits per heavy atom. The van der Waals surface area contributed by atoms with Gasteiger partial charge in [0.2, 0.25) is 5.91 Å². The zero-order valence-corrected chi connectivity index (χ0v) is 10.6. The summed E-state index contributed by atoms with van der Waals surface area (Å²) in [5, 5.41) is 0. The zero-order valence-electron chi connectivity index (χ0n) is 10.6. The van der Waals surface area contributed by atoms with Crippen molar-refractivity contribution in [3.63, 3.8) is 0 Å². The minimum Gasteiger partial charge on any atom is -0.467 e. The highest BCUT2D eigenvalue weighted by molar-refractivity contribution is 5.86. The van der Waals surface area contributed by atoms with Crippen LogP contribution < -0.4 is 0 Å². The van der Waals surface area contributed by atoms with Gasteiger partial charge in [-0.15, -0.1) is 0 Å². The van der Waals surface area contributed by atoms with E-state index in [4.69, 9.17) is 14.2 Å². The molecule has 0 aliphatic carbocycles. The molecular formula is C12H19NO5. The summed E-state index contributed by atoms with van der Waals surface area (Å²) in [6.45, 7) is 2.28. The fourth-order valence-electron chi connectivity index (χ4n) is 2.37. The second-order valence-electron chi connectivity index (χ2n) is 4.56. The van der Waals surface area contributed by atoms with Crippen LogP contribution in [-0.2, 0) is 23.8 Å². The lowest BCUT2D eigenvalue weighted by molar-refractivity contribution is -0.164. The molecule has 6 nitrogen and oxygen atoms in total. The molecule has 2 unspecified atom stereocenters. The van der Waals surface area contributed by atoms with E-state index in [1.165, 1.54) is 7.11 Å². The number of ether oxygens (including phenoxy) is 3. The van der Waals surface area contributed by atoms with Crippen molar-refractivity contribution in [1.29, 1.82) is 0 Å². The smallest absolute Gasteiger partial charge is 0.331 e. The average Bonchev–Trinajstić information content (AvgIpc) is 2.46. The summed E-state index contributed by atoms with van der Waals surface area (Å²) in [5.74, 6) is -0.572. The maximum Gasteiger partial charge on any atom is 0.331 e. The minimum atomic E-state index is -0.613. The quantitative estimate of drug-likeness (QED) is 0.642. The lowest BCUT2D eigenvalue weighted by atomic mass is 9.99. The third-order valence-electron chi connectivity index (χ3n) is 3.39. The van der Waals surface area contributed by atoms with Gasteiger partial charge in [0.15, 0.2) is 6.04 Å². The average molecular weight is 257 g/mol. The molecule has 0 spiro atoms. The molecule has 0 radical (unpaired) electrons. The molecule has 6 heteroatoms. The fourth-order valence-corrected chi connectivity index (χ4v) is 2.37. The molecule has 2 aliphatic heterocycles. The maximum atomic E-state index is 12.4. The monoisotopic (exact) mass is 257 g/mol. The van der Waals surface area contributed by atoms with Gasteiger partial charge in [0, 0.05) is 13.2 Å². The number of hydrogen-bond donors (Lipinski definition) is 0. The van der Waals surface area contributed by atoms with Crippen molar-refractivity contribution in [2.45, 2.75) is 18.9 Å². The molecule has 0 bridgehead atoms. The Kier molecular flexibility index (Phi) is 4.54. The van der Waals surface area contributed by atoms with Gasteiger partial charge in [-0.25, -0.2) is 4.79 Å². The summed E-state index contributed by atoms with van der Waals surface area (Å²) < 4.78 is 15.3. The molecule has 0 saturated carbocycles. The van der Waals surface area contributed by atoms with E-state index < -0.39 is 12.0 Å². The highest BCUT2D eigenvalue weighted by Gasteiger charge is 2.37. The summed E-state index contributed by atoms with van der Waals surface area (Å²) in [4.78, 5) is 25.6. The van der Waals surface area contributed by atoms with E-state index in [9.17, 15) is 9.59 Å². The molecule has 2 fully saturated rings. The molecule has 102 valence electrons. The van der Waals surface area contributed by atoms with Gasteiger partial charge in [0.05, 0.1) is 32.8 Å². The first kappa shape index (κ1) is 13.3. The van der Waals surface area contributed by atoms with Crippen LogP contribution in [-0.4, -0.2) is 62.9 Å². The molecule has 0 aromatic carbocycles. The predicted molar refractivity (Wildman–Crippen MR) is 61.9 cm³/mol. The maximum absolute atomic E-state index is 12.4. The summed E-state index contributed by atoms with van der Waals surface area (Å²) in [6.07, 6.45) is 1.72. The number of rotatable bonds is 2. The first-order valence-corrected chi connectivity index (χ1v) is 6.28. The van der Waals surface area contributed by atoms with Crippen LogP contribution in [0.1, 0.15) is 12.8 Å². The number of esters is 1. The molecule has 1 amide bonds. The molecule has 2 heterocycles. The van der Waals surface area contributed by atoms with Gasteiger partial charge in [0.1, 0.15) is 0 Å². The molecule has 18 heavy (non-hydrogen) atoms. The zero-order chi connectivity index (χ0) is 13.0. The van der Waals surface area contributed by atoms with Gasteiger partial charge in [-0.1, -0.05) is 0 Å². The molecule has 0 aromatic rings. The predicted octanol–water partition coefficient (Wildman–Crippen LogP) is -0.187. The number of amides is 1. The van der Waals surface area contributed by atoms with Crippen molar-refractivity contribution in [2.24, 2.45) is 5.92 Å². The second kappa shape index (κ2) is 6.15. The number of methoxy groups -OCH3 is 1. The van der Waals surface area contributed by atoms with Crippen LogP contribution in [0.15, 0.2) is 0 Å². The SMILES string of the molecule is COC(=O)C1COCCN1C(=O)C1CCCOC1. The Labute approximate surface area is 106 Å². The van der Waals surface area contributed by atoms with E-state index in [0.717, 1.165) is 12.8 Å². The van der Waals surface area contributed by atoms with E-state index >= 15 is 0 Å². The molecule has 0 aromatic heterocycles. The Hall–Kier alpha value is -1.14. The van der Waals surface area contributed by atoms with Crippen LogP contribution >= 0.6 is 0 Å². The first-order valence-electron chi connectivity index (χ1n) is 6.28. The van der Waals surface area contributed by atoms with Crippen LogP contribution in [0.4, 0.5) is 0 Å². The van der Waals surface area contributed by atoms with Crippen molar-refractivity contribution in [1.82, 2.24) is 4.90 Å². The number of morpholine rings is 1. The van der Waals surface area contributed by atoms with Gasteiger partial charge in [-0.2, -0.15) is 0 Å². The summed E-state index contributed by atoms with van der Waals surface area (Å²) in [6, 6.07) is -0.613. The van der Waals surface area contributed by atoms with Gasteiger partial charge < -0.3 is 19.1 Å². The van der Waals surface area contributed by atoms with Crippen molar-refractivity contribution in [3.8, 4) is 0 Å². The lowest BCUT2D eigenvalue weighted by Gasteiger charge is -2.36. The highest BCUT2D eigenvalue weighted by Crippen LogP contribution is 2.19. The lowest BCUT2D eigenvalue weighted by Crippen LogP contribution is -2.55. The third-order valence-corrected chi connectivity index (χ3v) is 3.39. The summed E-state index contributed by atoms with van der Waals surface area (Å²) in [7, 11) is 1.32. The van der Waals surface area contributed by atoms with Crippen LogP contribution in [0, 0.1) is 5.92 Å². The number of carbonyl (C=O) groups is 2. The second-order valence-corrected chi connectivity index (χ2v) is 4.56. The molecule has 0 N–H and O–H groups in total. The number of carbonyl (C=O) groups excluding carboxylic acids is 2. The Bertz CT molecular complexity index is 314. The van der Waals surface area contributed by atoms with E-state index in [-0.39, 0.29) is 18.4 Å². The summed E-state index contributed by atoms with van der Waals surface area (Å²) >= 11 is 0. The first-order chi connectivity index (χ1) is 8.74. The van der Waals surface area contributed by atoms with Crippen molar-refractivity contribution in [3.05, 3.63) is 0 Å². The van der Waals surface area contributed by atoms with Crippen molar-refractivity contribution >= 4 is 11.9 Å². The Morgan fingerprint density at radius 2 is 2.00 bits per heavy atom. The number of nitrogens with zero attached hydrogens (tertiary/aromatic N) is 1. The molecular weight excluding hydrogens is 238 g/mol. The molecule has 2 saturated heterocycles. The minimum absolute atomic E-state index is 0.0200. The standard InChI is InChI=1S/C12H19NO5/c1-16-12(15)10-8-18-6-4-13(10)11(14)9-3-2-5-17-7-9/h9-10H,2-8H2,1H3. The summed E-state index contributed by atoms with van der Waals surface area (Å²) in [5.41, 5.74) is 0. The molecule has 2 rings (SSSR count). The third kappa shape index (κ3) is 2.81. The van der Waals surface area contributed by atoms with Gasteiger partial charge in [-0.05, 0) is 12.8 Å². The Morgan fingerprint density at radius 1 is 1.22 bits per heavy atom. The fraction of sp³-hybridized carbons (Fsp3) is 0.833. The highest BCUT2D eigenvalue weighted by atomic mass is 16.5. The largest absolute Gasteiger partial charge is 0.467 e. The number of hydrogen-bond acceptors (Lipinski definition) is 5. The molecule has 2 aliphatic rings. The van der Waals surface area contributed by atoms with E-state index in [1.54, 1.807) is 4.90 Å². The van der Waals surface area contributed by atoms with E-state index in [2.05, 4.69) is 0 Å². The normalized spacial score (nSPS) is 28.8. The van der Waals surface area contributed by atoms with E-state index in [0.29, 0.717) is 26.4 Å². The topological polar surface area (TPSA) is 65.1 Å². The van der Waals surface area contributed by atoms with Crippen molar-refractivity contribution in [2.75, 3.05) is 40.1 Å². The van der Waals surface area contributed by atoms with Crippen LogP contribution in [0.5, 0.6) is 0 Å². The van der Waals surface area contributed by atoms with Crippen LogP contribution in [0.25, 0.3) is 0 Å². The van der Waals surface area contributed by atoms with Gasteiger partial charge in [0.25, 0.3) is 0 Å². The van der Waals surface area contributed by atoms with Crippen molar-refractivity contribution < 1.29 is 23.8 Å².